The number of ether oxygens (including phenoxy) is 3. The van der Waals surface area contributed by atoms with Gasteiger partial charge in [0.2, 0.25) is 0 Å². The minimum absolute atomic E-state index is 0.275. The van der Waals surface area contributed by atoms with E-state index in [9.17, 15) is 22.0 Å². The number of nitrogens with zero attached hydrogens (tertiary/aromatic N) is 9. The van der Waals surface area contributed by atoms with Gasteiger partial charge in [-0.15, -0.1) is 11.3 Å². The lowest BCUT2D eigenvalue weighted by Gasteiger charge is -2.18. The summed E-state index contributed by atoms with van der Waals surface area (Å²) in [7, 11) is 1.63. The van der Waals surface area contributed by atoms with Gasteiger partial charge in [-0.25, -0.2) is 13.8 Å². The fourth-order valence-electron chi connectivity index (χ4n) is 11.3. The molecule has 0 amide bonds. The van der Waals surface area contributed by atoms with Crippen LogP contribution in [0.4, 0.5) is 22.0 Å². The average Bonchev–Trinajstić information content (AvgIpc) is 1.77. The molecule has 10 heterocycles. The van der Waals surface area contributed by atoms with E-state index in [4.69, 9.17) is 67.9 Å². The van der Waals surface area contributed by atoms with E-state index in [0.717, 1.165) is 95.6 Å². The average molecular weight is 1590 g/mol. The Hall–Kier alpha value is -16.3. The standard InChI is InChI=1S/C13H10N2O2.C12H7F3N2.C12H10N2O.C12H10N2.C11H7ClN2.2C11H7FN2.C8H5N3S/c14-6-10-7-15-8-11(10)9-1-2-12-13(5-9)17-4-3-16-12;13-12(14,15)10-3-1-8(2-4-10)11-7-17-6-9(11)5-16;1-15-11-4-2-9(3-5-11)12-8-14-7-10(12)6-13;1-9-2-4-10(5-3-9)12-8-14-7-11(12)6-13;2*12-10-3-1-8(2-4-10)11-7-14-6-9(11)5-13;12-11-4-2-1-3-9(11)10-7-14-6-8(10)5-13;9-3-6-4-10-5-7(6)8-11-1-2-12-8/h1-2,5,7-8,15H,3-4H2;1-4,6-7,17H;2-5,7-8,14H,1H3;2-5,7-8,14H,1H3;3*1-4,6-7,14H;1-2,4-5,10H. The third-order valence-corrected chi connectivity index (χ3v) is 18.3. The maximum atomic E-state index is 13.3. The number of methoxy groups -OCH3 is 1. The number of H-pyrrole nitrogens is 8. The topological polar surface area (TPSA) is 357 Å². The van der Waals surface area contributed by atoms with Crippen LogP contribution in [0.25, 0.3) is 88.5 Å². The maximum Gasteiger partial charge on any atom is 0.416 e. The molecule has 0 radical (unpaired) electrons. The number of aryl methyl sites for hydroxylation is 1. The molecule has 0 aliphatic carbocycles. The van der Waals surface area contributed by atoms with Gasteiger partial charge < -0.3 is 54.1 Å². The summed E-state index contributed by atoms with van der Waals surface area (Å²) in [6.45, 7) is 3.20. The monoisotopic (exact) mass is 1590 g/mol. The van der Waals surface area contributed by atoms with Crippen LogP contribution >= 0.6 is 22.9 Å². The van der Waals surface area contributed by atoms with Crippen LogP contribution in [0.5, 0.6) is 17.2 Å². The number of fused-ring (bicyclic) bond motifs is 1. The van der Waals surface area contributed by atoms with E-state index < -0.39 is 11.7 Å². The second-order valence-corrected chi connectivity index (χ2v) is 25.8. The van der Waals surface area contributed by atoms with Gasteiger partial charge in [-0.05, 0) is 107 Å². The number of hydrogen-bond acceptors (Lipinski definition) is 13. The minimum Gasteiger partial charge on any atom is -0.497 e. The van der Waals surface area contributed by atoms with Crippen molar-refractivity contribution < 1.29 is 36.2 Å². The van der Waals surface area contributed by atoms with Crippen LogP contribution in [-0.2, 0) is 6.18 Å². The molecule has 0 fully saturated rings. The van der Waals surface area contributed by atoms with Gasteiger partial charge in [0, 0.05) is 166 Å². The summed E-state index contributed by atoms with van der Waals surface area (Å²) in [6.07, 6.45) is 24.6. The number of aromatic nitrogens is 9. The van der Waals surface area contributed by atoms with Crippen molar-refractivity contribution in [2.75, 3.05) is 20.3 Å². The minimum atomic E-state index is -4.34. The molecule has 0 unspecified atom stereocenters. The van der Waals surface area contributed by atoms with Gasteiger partial charge in [-0.1, -0.05) is 114 Å². The van der Waals surface area contributed by atoms with Crippen molar-refractivity contribution in [3.8, 4) is 154 Å². The van der Waals surface area contributed by atoms with Gasteiger partial charge >= 0.3 is 6.18 Å². The molecular formula is C90H63ClF5N17O3S. The van der Waals surface area contributed by atoms with Gasteiger partial charge in [0.1, 0.15) is 84.2 Å². The van der Waals surface area contributed by atoms with Crippen LogP contribution in [0, 0.1) is 109 Å². The molecule has 7 aromatic carbocycles. The van der Waals surface area contributed by atoms with Crippen molar-refractivity contribution in [3.63, 3.8) is 0 Å². The molecule has 0 atom stereocenters. The molecule has 0 saturated heterocycles. The second-order valence-electron chi connectivity index (χ2n) is 24.5. The smallest absolute Gasteiger partial charge is 0.416 e. The molecule has 8 N–H and O–H groups in total. The number of halogens is 6. The zero-order chi connectivity index (χ0) is 83.1. The number of nitriles is 8. The molecule has 0 spiro atoms. The number of benzene rings is 7. The second kappa shape index (κ2) is 41.1. The van der Waals surface area contributed by atoms with Crippen LogP contribution in [-0.4, -0.2) is 65.2 Å². The van der Waals surface area contributed by atoms with Crippen molar-refractivity contribution >= 4 is 22.9 Å². The molecule has 20 nitrogen and oxygen atoms in total. The SMILES string of the molecule is COc1ccc(-c2c[nH]cc2C#N)cc1.Cc1ccc(-c2c[nH]cc2C#N)cc1.N#Cc1c[nH]cc1-c1ccc(C(F)(F)F)cc1.N#Cc1c[nH]cc1-c1ccc(Cl)cc1.N#Cc1c[nH]cc1-c1ccc(F)cc1.N#Cc1c[nH]cc1-c1ccc2c(c1)OCCO2.N#Cc1c[nH]cc1-c1ccccc1F.N#Cc1c[nH]cc1-c1nccs1. The lowest BCUT2D eigenvalue weighted by molar-refractivity contribution is -0.137. The van der Waals surface area contributed by atoms with E-state index in [0.29, 0.717) is 85.0 Å². The first-order valence-electron chi connectivity index (χ1n) is 34.9. The first kappa shape index (κ1) is 83.1. The molecule has 9 aromatic heterocycles. The maximum absolute atomic E-state index is 13.3. The van der Waals surface area contributed by atoms with Crippen molar-refractivity contribution in [1.82, 2.24) is 44.9 Å². The van der Waals surface area contributed by atoms with Crippen LogP contribution in [0.1, 0.15) is 55.6 Å². The Morgan fingerprint density at radius 2 is 0.718 bits per heavy atom. The van der Waals surface area contributed by atoms with Crippen LogP contribution in [0.3, 0.4) is 0 Å². The normalized spacial score (nSPS) is 10.4. The van der Waals surface area contributed by atoms with E-state index in [1.165, 1.54) is 53.4 Å². The lowest BCUT2D eigenvalue weighted by Crippen LogP contribution is -2.15. The third-order valence-electron chi connectivity index (χ3n) is 17.2. The summed E-state index contributed by atoms with van der Waals surface area (Å²) in [6, 6.07) is 62.8. The summed E-state index contributed by atoms with van der Waals surface area (Å²) in [5, 5.41) is 74.1. The zero-order valence-electron chi connectivity index (χ0n) is 61.8. The van der Waals surface area contributed by atoms with E-state index >= 15 is 0 Å². The number of nitrogens with one attached hydrogen (secondary N) is 8. The van der Waals surface area contributed by atoms with Crippen LogP contribution in [0.2, 0.25) is 5.02 Å². The van der Waals surface area contributed by atoms with Gasteiger partial charge in [-0.2, -0.15) is 55.3 Å². The molecular weight excluding hydrogens is 1530 g/mol. The summed E-state index contributed by atoms with van der Waals surface area (Å²) in [5.74, 6) is 1.71. The Kier molecular flexibility index (Phi) is 29.2. The van der Waals surface area contributed by atoms with Gasteiger partial charge in [-0.3, -0.25) is 0 Å². The molecule has 574 valence electrons. The Morgan fingerprint density at radius 1 is 0.385 bits per heavy atom. The van der Waals surface area contributed by atoms with Crippen molar-refractivity contribution in [2.24, 2.45) is 0 Å². The number of thiazole rings is 1. The molecule has 1 aliphatic heterocycles. The predicted molar refractivity (Wildman–Crippen MR) is 435 cm³/mol. The molecule has 0 bridgehead atoms. The van der Waals surface area contributed by atoms with Gasteiger partial charge in [0.25, 0.3) is 0 Å². The molecule has 0 saturated carbocycles. The predicted octanol–water partition coefficient (Wildman–Crippen LogP) is 21.9. The Balaban J connectivity index is 0.000000141. The van der Waals surface area contributed by atoms with Crippen LogP contribution in [0.15, 0.2) is 275 Å². The van der Waals surface area contributed by atoms with Crippen molar-refractivity contribution in [3.05, 3.63) is 347 Å². The summed E-state index contributed by atoms with van der Waals surface area (Å²) in [5.41, 5.74) is 17.7. The Bertz CT molecular complexity index is 6070. The molecule has 17 rings (SSSR count). The van der Waals surface area contributed by atoms with Crippen LogP contribution < -0.4 is 14.2 Å². The highest BCUT2D eigenvalue weighted by Crippen LogP contribution is 2.37. The highest BCUT2D eigenvalue weighted by molar-refractivity contribution is 7.13. The summed E-state index contributed by atoms with van der Waals surface area (Å²) >= 11 is 7.30. The van der Waals surface area contributed by atoms with Gasteiger partial charge in [0.15, 0.2) is 11.5 Å². The highest BCUT2D eigenvalue weighted by Gasteiger charge is 2.30. The van der Waals surface area contributed by atoms with Crippen molar-refractivity contribution in [2.45, 2.75) is 13.1 Å². The molecule has 1 aliphatic rings. The third kappa shape index (κ3) is 22.0. The Labute approximate surface area is 676 Å². The van der Waals surface area contributed by atoms with E-state index in [2.05, 4.69) is 81.3 Å². The summed E-state index contributed by atoms with van der Waals surface area (Å²) < 4.78 is 79.1. The summed E-state index contributed by atoms with van der Waals surface area (Å²) in [4.78, 5) is 27.1. The first-order valence-corrected chi connectivity index (χ1v) is 36.2. The highest BCUT2D eigenvalue weighted by atomic mass is 35.5. The molecule has 27 heteroatoms. The van der Waals surface area contributed by atoms with E-state index in [1.807, 2.05) is 140 Å². The van der Waals surface area contributed by atoms with E-state index in [1.54, 1.807) is 112 Å². The largest absolute Gasteiger partial charge is 0.497 e. The van der Waals surface area contributed by atoms with E-state index in [-0.39, 0.29) is 11.6 Å². The fraction of sp³-hybridized carbons (Fsp3) is 0.0556. The number of aromatic amines is 8. The van der Waals surface area contributed by atoms with Gasteiger partial charge in [0.05, 0.1) is 57.2 Å². The van der Waals surface area contributed by atoms with Crippen molar-refractivity contribution in [1.29, 1.82) is 42.1 Å². The molecule has 16 aromatic rings. The lowest BCUT2D eigenvalue weighted by atomic mass is 10.0. The fourth-order valence-corrected chi connectivity index (χ4v) is 12.1. The number of alkyl halides is 3. The number of rotatable bonds is 9. The zero-order valence-corrected chi connectivity index (χ0v) is 63.4. The quantitative estimate of drug-likeness (QED) is 0.0625. The Morgan fingerprint density at radius 3 is 1.10 bits per heavy atom. The number of hydrogen-bond donors (Lipinski definition) is 8. The first-order chi connectivity index (χ1) is 56.9. The molecule has 117 heavy (non-hydrogen) atoms.